The highest BCUT2D eigenvalue weighted by molar-refractivity contribution is 7.64. The molecule has 0 N–H and O–H groups in total. The van der Waals surface area contributed by atoms with E-state index in [0.717, 1.165) is 42.4 Å². The van der Waals surface area contributed by atoms with Gasteiger partial charge in [-0.15, -0.1) is 0 Å². The van der Waals surface area contributed by atoms with Gasteiger partial charge in [0, 0.05) is 0 Å². The highest BCUT2D eigenvalue weighted by Gasteiger charge is 2.32. The van der Waals surface area contributed by atoms with Gasteiger partial charge in [-0.25, -0.2) is 4.79 Å². The topological polar surface area (TPSA) is 34.1 Å². The molecule has 0 aliphatic heterocycles. The van der Waals surface area contributed by atoms with E-state index in [1.807, 2.05) is 26.8 Å². The van der Waals surface area contributed by atoms with Gasteiger partial charge in [0.05, 0.1) is 5.56 Å². The summed E-state index contributed by atoms with van der Waals surface area (Å²) in [6.45, 7) is 8.02. The number of unbranched alkanes of at least 4 members (excludes halogenated alkanes) is 5. The van der Waals surface area contributed by atoms with Crippen LogP contribution in [0, 0.1) is 27.7 Å². The van der Waals surface area contributed by atoms with Crippen molar-refractivity contribution in [3.63, 3.8) is 0 Å². The quantitative estimate of drug-likeness (QED) is 0.291. The van der Waals surface area contributed by atoms with Gasteiger partial charge in [0.2, 0.25) is 0 Å². The number of aryl methyl sites for hydroxylation is 3. The van der Waals surface area contributed by atoms with E-state index in [-0.39, 0.29) is 5.52 Å². The molecule has 3 heteroatoms. The predicted molar refractivity (Wildman–Crippen MR) is 120 cm³/mol. The first-order chi connectivity index (χ1) is 13.4. The molecule has 0 saturated heterocycles. The van der Waals surface area contributed by atoms with E-state index in [1.54, 1.807) is 0 Å². The Balaban J connectivity index is 1.67. The minimum Gasteiger partial charge on any atom is -0.234 e. The minimum absolute atomic E-state index is 0.157. The highest BCUT2D eigenvalue weighted by Crippen LogP contribution is 2.33. The summed E-state index contributed by atoms with van der Waals surface area (Å²) >= 11 is 0. The lowest BCUT2D eigenvalue weighted by molar-refractivity contribution is 0.107. The number of hydrogen-bond donors (Lipinski definition) is 0. The van der Waals surface area contributed by atoms with Gasteiger partial charge >= 0.3 is 13.3 Å². The molecule has 0 saturated carbocycles. The lowest BCUT2D eigenvalue weighted by Crippen LogP contribution is -2.05. The molecule has 0 amide bonds. The van der Waals surface area contributed by atoms with E-state index in [9.17, 15) is 9.36 Å². The van der Waals surface area contributed by atoms with Crippen LogP contribution in [0.3, 0.4) is 0 Å². The Morgan fingerprint density at radius 3 is 2.07 bits per heavy atom. The van der Waals surface area contributed by atoms with Gasteiger partial charge in [0.25, 0.3) is 0 Å². The zero-order valence-corrected chi connectivity index (χ0v) is 18.8. The van der Waals surface area contributed by atoms with Gasteiger partial charge in [-0.2, -0.15) is 0 Å². The monoisotopic (exact) mass is 397 g/mol. The zero-order valence-electron chi connectivity index (χ0n) is 17.9. The van der Waals surface area contributed by atoms with Crippen molar-refractivity contribution in [1.29, 1.82) is 0 Å². The second-order valence-electron chi connectivity index (χ2n) is 7.90. The number of rotatable bonds is 11. The van der Waals surface area contributed by atoms with Crippen LogP contribution in [0.1, 0.15) is 76.7 Å². The molecule has 2 rings (SSSR count). The summed E-state index contributed by atoms with van der Waals surface area (Å²) in [5, 5.41) is 0. The Bertz CT molecular complexity index is 809. The Hall–Kier alpha value is -1.79. The van der Waals surface area contributed by atoms with Crippen LogP contribution in [-0.4, -0.2) is 11.7 Å². The minimum atomic E-state index is -1.82. The van der Waals surface area contributed by atoms with Gasteiger partial charge < -0.3 is 0 Å². The smallest absolute Gasteiger partial charge is 0.234 e. The van der Waals surface area contributed by atoms with E-state index in [2.05, 4.69) is 37.3 Å². The van der Waals surface area contributed by atoms with Crippen molar-refractivity contribution in [2.24, 2.45) is 0 Å². The molecular weight excluding hydrogens is 363 g/mol. The fourth-order valence-corrected chi connectivity index (χ4v) is 5.08. The van der Waals surface area contributed by atoms with Crippen molar-refractivity contribution in [2.45, 2.75) is 72.6 Å². The maximum atomic E-state index is 12.7. The number of carbonyl (C=O) groups is 1. The number of carbonyl (C=O) groups excluding carboxylic acids is 1. The van der Waals surface area contributed by atoms with Crippen molar-refractivity contribution in [1.82, 2.24) is 0 Å². The predicted octanol–water partition coefficient (Wildman–Crippen LogP) is 7.47. The number of hydrogen-bond acceptors (Lipinski definition) is 2. The fourth-order valence-electron chi connectivity index (χ4n) is 3.78. The summed E-state index contributed by atoms with van der Waals surface area (Å²) in [4.78, 5) is 12.7. The summed E-state index contributed by atoms with van der Waals surface area (Å²) in [5.41, 5.74) is 6.20. The van der Waals surface area contributed by atoms with Gasteiger partial charge in [0.1, 0.15) is 0 Å². The molecule has 150 valence electrons. The third-order valence-corrected chi connectivity index (χ3v) is 7.12. The molecule has 0 bridgehead atoms. The summed E-state index contributed by atoms with van der Waals surface area (Å²) in [7, 11) is -1.82. The van der Waals surface area contributed by atoms with Crippen LogP contribution >= 0.6 is 7.80 Å². The molecule has 2 aromatic rings. The first kappa shape index (κ1) is 22.5. The molecule has 0 aliphatic carbocycles. The summed E-state index contributed by atoms with van der Waals surface area (Å²) in [6, 6.07) is 12.7. The molecule has 0 heterocycles. The Labute approximate surface area is 171 Å². The maximum Gasteiger partial charge on any atom is 0.420 e. The van der Waals surface area contributed by atoms with E-state index < -0.39 is 7.80 Å². The second kappa shape index (κ2) is 11.3. The van der Waals surface area contributed by atoms with Crippen LogP contribution in [-0.2, 0) is 11.0 Å². The lowest BCUT2D eigenvalue weighted by Gasteiger charge is -2.10. The molecular formula is C25H34O2P+. The van der Waals surface area contributed by atoms with Gasteiger partial charge in [-0.3, -0.25) is 0 Å². The van der Waals surface area contributed by atoms with Gasteiger partial charge in [-0.1, -0.05) is 60.2 Å². The average Bonchev–Trinajstić information content (AvgIpc) is 2.68. The fraction of sp³-hybridized carbons (Fsp3) is 0.480. The van der Waals surface area contributed by atoms with Crippen molar-refractivity contribution < 1.29 is 9.36 Å². The molecule has 0 spiro atoms. The average molecular weight is 398 g/mol. The summed E-state index contributed by atoms with van der Waals surface area (Å²) in [6.07, 6.45) is 8.44. The first-order valence-electron chi connectivity index (χ1n) is 10.5. The molecule has 0 aliphatic rings. The molecule has 0 radical (unpaired) electrons. The third-order valence-electron chi connectivity index (χ3n) is 5.72. The van der Waals surface area contributed by atoms with Crippen LogP contribution in [0.15, 0.2) is 36.4 Å². The van der Waals surface area contributed by atoms with Gasteiger partial charge in [-0.05, 0) is 81.2 Å². The summed E-state index contributed by atoms with van der Waals surface area (Å²) in [5.74, 6) is 0. The van der Waals surface area contributed by atoms with Crippen LogP contribution in [0.4, 0.5) is 0 Å². The largest absolute Gasteiger partial charge is 0.420 e. The van der Waals surface area contributed by atoms with Crippen LogP contribution in [0.5, 0.6) is 0 Å². The zero-order chi connectivity index (χ0) is 20.5. The highest BCUT2D eigenvalue weighted by atomic mass is 31.1. The molecule has 2 nitrogen and oxygen atoms in total. The van der Waals surface area contributed by atoms with E-state index in [4.69, 9.17) is 0 Å². The maximum absolute atomic E-state index is 12.7. The Morgan fingerprint density at radius 2 is 1.39 bits per heavy atom. The summed E-state index contributed by atoms with van der Waals surface area (Å²) < 4.78 is 12.5. The van der Waals surface area contributed by atoms with Crippen LogP contribution in [0.25, 0.3) is 0 Å². The molecule has 2 aromatic carbocycles. The Morgan fingerprint density at radius 1 is 0.786 bits per heavy atom. The van der Waals surface area contributed by atoms with Crippen LogP contribution in [0.2, 0.25) is 0 Å². The second-order valence-corrected chi connectivity index (χ2v) is 9.51. The standard InChI is InChI=1S/C25H34O2P/c1-19-18-20(2)24(22(4)21(19)3)25(26)28(27)17-13-8-6-5-7-10-14-23-15-11-9-12-16-23/h9,11-12,15-16,18H,5-8,10,13-14,17H2,1-4H3/q+1. The van der Waals surface area contributed by atoms with Crippen molar-refractivity contribution >= 4 is 13.3 Å². The first-order valence-corrected chi connectivity index (χ1v) is 12.0. The van der Waals surface area contributed by atoms with Crippen molar-refractivity contribution in [3.05, 3.63) is 69.8 Å². The molecule has 0 fully saturated rings. The molecule has 28 heavy (non-hydrogen) atoms. The van der Waals surface area contributed by atoms with Crippen LogP contribution < -0.4 is 0 Å². The number of benzene rings is 2. The molecule has 1 atom stereocenters. The SMILES string of the molecule is Cc1cc(C)c(C(=O)[P+](=O)CCCCCCCCc2ccccc2)c(C)c1C. The van der Waals surface area contributed by atoms with Gasteiger partial charge in [0.15, 0.2) is 6.16 Å². The third kappa shape index (κ3) is 6.38. The van der Waals surface area contributed by atoms with E-state index >= 15 is 0 Å². The van der Waals surface area contributed by atoms with Crippen molar-refractivity contribution in [3.8, 4) is 0 Å². The van der Waals surface area contributed by atoms with E-state index in [1.165, 1.54) is 30.4 Å². The Kier molecular flexibility index (Phi) is 9.06. The van der Waals surface area contributed by atoms with E-state index in [0.29, 0.717) is 11.7 Å². The normalized spacial score (nSPS) is 11.5. The van der Waals surface area contributed by atoms with Crippen molar-refractivity contribution in [2.75, 3.05) is 6.16 Å². The molecule has 1 unspecified atom stereocenters. The molecule has 0 aromatic heterocycles. The lowest BCUT2D eigenvalue weighted by atomic mass is 9.95.